The van der Waals surface area contributed by atoms with Crippen molar-refractivity contribution in [1.82, 2.24) is 68.9 Å². The Morgan fingerprint density at radius 3 is 1.47 bits per heavy atom. The van der Waals surface area contributed by atoms with Crippen LogP contribution in [-0.4, -0.2) is 149 Å². The van der Waals surface area contributed by atoms with Crippen molar-refractivity contribution in [2.24, 2.45) is 54.1 Å². The molecule has 10 N–H and O–H groups in total. The van der Waals surface area contributed by atoms with Crippen LogP contribution in [0.4, 0.5) is 23.0 Å². The number of nitrogens with one attached hydrogen (secondary N) is 10. The zero-order chi connectivity index (χ0) is 62.6. The molecule has 2 saturated carbocycles. The Hall–Kier alpha value is -8.82. The van der Waals surface area contributed by atoms with Crippen LogP contribution in [0.1, 0.15) is 147 Å². The molecule has 6 heterocycles. The number of quaternary nitrogens is 1. The molecule has 29 heteroatoms. The van der Waals surface area contributed by atoms with Crippen molar-refractivity contribution in [2.75, 3.05) is 75.1 Å². The summed E-state index contributed by atoms with van der Waals surface area (Å²) >= 11 is 0. The minimum absolute atomic E-state index is 0. The predicted molar refractivity (Wildman–Crippen MR) is 329 cm³/mol. The first-order valence-corrected chi connectivity index (χ1v) is 28.9. The van der Waals surface area contributed by atoms with Gasteiger partial charge in [0.25, 0.3) is 35.4 Å². The third-order valence-electron chi connectivity index (χ3n) is 14.5. The van der Waals surface area contributed by atoms with E-state index in [1.54, 1.807) is 79.8 Å². The van der Waals surface area contributed by atoms with Crippen molar-refractivity contribution in [1.29, 1.82) is 0 Å². The Balaban J connectivity index is 0.000000300. The molecule has 0 unspecified atom stereocenters. The molecule has 2 aliphatic carbocycles. The van der Waals surface area contributed by atoms with E-state index in [1.165, 1.54) is 39.5 Å². The maximum atomic E-state index is 12.9. The largest absolute Gasteiger partial charge is 0.356 e. The van der Waals surface area contributed by atoms with Gasteiger partial charge in [0, 0.05) is 161 Å². The number of carbonyl (C=O) groups excluding carboxylic acids is 9. The molecule has 0 aromatic carbocycles. The molecule has 0 aliphatic heterocycles. The first-order chi connectivity index (χ1) is 41.0. The van der Waals surface area contributed by atoms with E-state index in [4.69, 9.17) is 0 Å². The van der Waals surface area contributed by atoms with Crippen LogP contribution in [0.2, 0.25) is 0 Å². The maximum absolute atomic E-state index is 12.9. The van der Waals surface area contributed by atoms with E-state index in [0.29, 0.717) is 36.6 Å². The number of aryl methyl sites for hydroxylation is 7. The van der Waals surface area contributed by atoms with Gasteiger partial charge in [0.2, 0.25) is 29.4 Å². The minimum Gasteiger partial charge on any atom is -0.356 e. The van der Waals surface area contributed by atoms with Gasteiger partial charge < -0.3 is 80.2 Å². The minimum atomic E-state index is -0.451. The fraction of sp³-hybridized carbons (Fsp3) is 0.492. The Bertz CT molecular complexity index is 3350. The number of nitrogens with zero attached hydrogens (tertiary/aromatic N) is 9. The van der Waals surface area contributed by atoms with Crippen LogP contribution in [0.3, 0.4) is 0 Å². The van der Waals surface area contributed by atoms with E-state index < -0.39 is 17.7 Å². The molecule has 0 spiro atoms. The van der Waals surface area contributed by atoms with Gasteiger partial charge in [-0.25, -0.2) is 15.0 Å². The van der Waals surface area contributed by atoms with Gasteiger partial charge in [0.1, 0.15) is 17.1 Å². The molecule has 28 nitrogen and oxygen atoms in total. The number of aromatic nitrogens is 9. The summed E-state index contributed by atoms with van der Waals surface area (Å²) in [5.74, 6) is -0.950. The molecular weight excluding hydrogens is 1170 g/mol. The van der Waals surface area contributed by atoms with E-state index in [-0.39, 0.29) is 120 Å². The summed E-state index contributed by atoms with van der Waals surface area (Å²) in [6.07, 6.45) is 21.3. The Morgan fingerprint density at radius 2 is 0.977 bits per heavy atom. The molecular formula is C59H88FeN19O9+. The third kappa shape index (κ3) is 21.0. The summed E-state index contributed by atoms with van der Waals surface area (Å²) in [5.41, 5.74) is 3.35. The van der Waals surface area contributed by atoms with Crippen LogP contribution in [0.25, 0.3) is 0 Å². The molecule has 0 radical (unpaired) electrons. The van der Waals surface area contributed by atoms with Crippen LogP contribution in [0.5, 0.6) is 0 Å². The number of amides is 9. The van der Waals surface area contributed by atoms with Crippen molar-refractivity contribution in [2.45, 2.75) is 85.0 Å². The first kappa shape index (κ1) is 71.7. The second kappa shape index (κ2) is 34.5. The molecule has 2 fully saturated rings. The Morgan fingerprint density at radius 1 is 0.511 bits per heavy atom. The van der Waals surface area contributed by atoms with Crippen LogP contribution >= 0.6 is 0 Å². The number of hydrogen-bond acceptors (Lipinski definition) is 12. The molecule has 2 aliphatic rings. The Kier molecular flexibility index (Phi) is 28.1. The number of carbonyl (C=O) groups is 9. The number of anilines is 4. The normalized spacial score (nSPS) is 12.7. The van der Waals surface area contributed by atoms with Crippen molar-refractivity contribution in [3.8, 4) is 0 Å². The van der Waals surface area contributed by atoms with Crippen molar-refractivity contribution in [3.05, 3.63) is 102 Å². The second-order valence-corrected chi connectivity index (χ2v) is 21.9. The van der Waals surface area contributed by atoms with Gasteiger partial charge in [0.05, 0.1) is 32.0 Å². The van der Waals surface area contributed by atoms with Gasteiger partial charge >= 0.3 is 0 Å². The summed E-state index contributed by atoms with van der Waals surface area (Å²) in [4.78, 5) is 124. The van der Waals surface area contributed by atoms with E-state index >= 15 is 0 Å². The van der Waals surface area contributed by atoms with Crippen LogP contribution in [0, 0.1) is 18.8 Å². The molecule has 88 heavy (non-hydrogen) atoms. The van der Waals surface area contributed by atoms with Crippen LogP contribution in [-0.2, 0) is 73.7 Å². The fourth-order valence-corrected chi connectivity index (χ4v) is 9.89. The predicted octanol–water partition coefficient (Wildman–Crippen LogP) is 2.66. The summed E-state index contributed by atoms with van der Waals surface area (Å²) in [5, 5.41) is 24.7. The van der Waals surface area contributed by atoms with Crippen LogP contribution in [0.15, 0.2) is 61.6 Å². The van der Waals surface area contributed by atoms with Crippen molar-refractivity contribution < 1.29 is 65.1 Å². The number of hydrogen-bond donors (Lipinski definition) is 10. The van der Waals surface area contributed by atoms with Gasteiger partial charge in [-0.15, -0.1) is 0 Å². The molecule has 6 aromatic rings. The van der Waals surface area contributed by atoms with E-state index in [0.717, 1.165) is 82.1 Å². The van der Waals surface area contributed by atoms with E-state index in [2.05, 4.69) is 76.9 Å². The van der Waals surface area contributed by atoms with Gasteiger partial charge in [-0.1, -0.05) is 33.1 Å². The van der Waals surface area contributed by atoms with E-state index in [9.17, 15) is 43.2 Å². The molecule has 480 valence electrons. The zero-order valence-electron chi connectivity index (χ0n) is 51.3. The number of rotatable bonds is 23. The molecule has 0 saturated heterocycles. The van der Waals surface area contributed by atoms with Crippen molar-refractivity contribution in [3.63, 3.8) is 0 Å². The molecule has 6 aromatic heterocycles. The van der Waals surface area contributed by atoms with Crippen LogP contribution < -0.4 is 52.8 Å². The monoisotopic (exact) mass is 1260 g/mol. The van der Waals surface area contributed by atoms with Gasteiger partial charge in [-0.3, -0.25) is 43.2 Å². The maximum Gasteiger partial charge on any atom is 0.291 e. The summed E-state index contributed by atoms with van der Waals surface area (Å²) in [6, 6.07) is 5.00. The zero-order valence-corrected chi connectivity index (χ0v) is 52.4. The summed E-state index contributed by atoms with van der Waals surface area (Å²) in [7, 11) is 16.0. The van der Waals surface area contributed by atoms with E-state index in [1.807, 2.05) is 30.8 Å². The Labute approximate surface area is 524 Å². The topological polar surface area (TPSA) is 335 Å². The smallest absolute Gasteiger partial charge is 0.291 e. The average molecular weight is 1260 g/mol. The fourth-order valence-electron chi connectivity index (χ4n) is 9.89. The first-order valence-electron chi connectivity index (χ1n) is 28.9. The summed E-state index contributed by atoms with van der Waals surface area (Å²) < 4.78 is 9.64. The second-order valence-electron chi connectivity index (χ2n) is 21.9. The van der Waals surface area contributed by atoms with Gasteiger partial charge in [-0.05, 0) is 62.8 Å². The standard InChI is InChI=1S/C25H33N9O4.C21H29N7O4.C12H21N3O.CH4.Fe/c1-32-12-11-26-20(32)25(38)29-17-13-18(33(2)14-17)23(36)31-19-15-34(3)21(30-19)24(37)28-10-6-9-27-22(35)16-7-4-5-8-16;1-22-21(32)18-25-16(12-28(18)3)26-20(31)15-10-14(11-27(15)2)24-17(29)8-9-23-19(30)13-6-4-5-7-13;1-10-8-11(15(4)9-10)12(16)13-6-5-7-14(2)3;;/h11-16H,4-10H2,1-3H3,(H,27,35)(H,28,37)(H,29,38)(H,31,36);10-13H,4-9H2,1-3H3,(H,22,32)(H,23,30)(H,24,29)(H,26,31);8-9H,5-7H2,1-4H3,(H,13,16);1H4;/p+1. The van der Waals surface area contributed by atoms with Gasteiger partial charge in [-0.2, -0.15) is 0 Å². The summed E-state index contributed by atoms with van der Waals surface area (Å²) in [6.45, 7) is 4.97. The average Bonchev–Trinajstić information content (AvgIpc) is 4.52. The van der Waals surface area contributed by atoms with Crippen molar-refractivity contribution >= 4 is 76.2 Å². The SMILES string of the molecule is C.CNC(=O)c1nc(NC(=O)c2cc(NC(=O)CCNC(=O)C3CCCC3)cn2C)cn1C.Cc1cc(C(=O)NCCC[NH+](C)C)n(C)c1.Cn1cc(NC(=O)c2nccn2C)cc1C(=O)Nc1cn(C)c(C(=O)NCCCNC(=O)C2CCCC2)n1.[Fe]. The molecule has 0 bridgehead atoms. The molecule has 9 amide bonds. The van der Waals surface area contributed by atoms with Gasteiger partial charge in [0.15, 0.2) is 17.5 Å². The third-order valence-corrected chi connectivity index (χ3v) is 14.5. The molecule has 0 atom stereocenters. The molecule has 8 rings (SSSR count). The quantitative estimate of drug-likeness (QED) is 0.0327. The number of imidazole rings is 3.